The van der Waals surface area contributed by atoms with Crippen LogP contribution in [0.25, 0.3) is 0 Å². The Morgan fingerprint density at radius 2 is 1.64 bits per heavy atom. The Morgan fingerprint density at radius 3 is 2.27 bits per heavy atom. The maximum absolute atomic E-state index is 13.0. The summed E-state index contributed by atoms with van der Waals surface area (Å²) >= 11 is 0. The number of anilines is 1. The average Bonchev–Trinajstić information content (AvgIpc) is 3.08. The number of carbonyl (C=O) groups excluding carboxylic acids is 4. The molecular formula is C26H27N3O4. The molecule has 2 aromatic rings. The summed E-state index contributed by atoms with van der Waals surface area (Å²) in [5.41, 5.74) is 2.00. The van der Waals surface area contributed by atoms with Crippen LogP contribution < -0.4 is 5.32 Å². The number of likely N-dealkylation sites (tertiary alicyclic amines) is 1. The van der Waals surface area contributed by atoms with Crippen LogP contribution in [0.1, 0.15) is 41.7 Å². The van der Waals surface area contributed by atoms with Gasteiger partial charge in [-0.05, 0) is 49.6 Å². The monoisotopic (exact) mass is 445 g/mol. The summed E-state index contributed by atoms with van der Waals surface area (Å²) in [5, 5.41) is 2.87. The second kappa shape index (κ2) is 9.40. The quantitative estimate of drug-likeness (QED) is 0.545. The zero-order valence-electron chi connectivity index (χ0n) is 18.7. The molecule has 0 bridgehead atoms. The lowest BCUT2D eigenvalue weighted by Gasteiger charge is -2.27. The predicted molar refractivity (Wildman–Crippen MR) is 124 cm³/mol. The van der Waals surface area contributed by atoms with E-state index in [0.717, 1.165) is 10.5 Å². The molecule has 3 atom stereocenters. The third-order valence-electron chi connectivity index (χ3n) is 6.53. The van der Waals surface area contributed by atoms with Crippen LogP contribution in [-0.2, 0) is 14.4 Å². The van der Waals surface area contributed by atoms with Gasteiger partial charge in [-0.1, -0.05) is 42.5 Å². The summed E-state index contributed by atoms with van der Waals surface area (Å²) in [4.78, 5) is 53.4. The van der Waals surface area contributed by atoms with Gasteiger partial charge in [0, 0.05) is 18.3 Å². The van der Waals surface area contributed by atoms with Gasteiger partial charge in [-0.3, -0.25) is 24.1 Å². The van der Waals surface area contributed by atoms with E-state index in [-0.39, 0.29) is 48.1 Å². The van der Waals surface area contributed by atoms with Crippen molar-refractivity contribution in [2.75, 3.05) is 18.9 Å². The summed E-state index contributed by atoms with van der Waals surface area (Å²) in [6.07, 6.45) is 4.95. The highest BCUT2D eigenvalue weighted by Gasteiger charge is 2.47. The summed E-state index contributed by atoms with van der Waals surface area (Å²) in [6, 6.07) is 15.9. The Labute approximate surface area is 193 Å². The fraction of sp³-hybridized carbons (Fsp3) is 0.308. The number of amides is 4. The molecule has 1 fully saturated rings. The smallest absolute Gasteiger partial charge is 0.255 e. The van der Waals surface area contributed by atoms with Gasteiger partial charge in [0.15, 0.2) is 0 Å². The van der Waals surface area contributed by atoms with E-state index >= 15 is 0 Å². The van der Waals surface area contributed by atoms with Crippen molar-refractivity contribution in [3.63, 3.8) is 0 Å². The van der Waals surface area contributed by atoms with Crippen LogP contribution in [0, 0.1) is 11.8 Å². The fourth-order valence-corrected chi connectivity index (χ4v) is 4.38. The van der Waals surface area contributed by atoms with Crippen molar-refractivity contribution in [1.82, 2.24) is 9.80 Å². The largest absolute Gasteiger partial charge is 0.337 e. The standard InChI is InChI=1S/C26H27N3O4/c1-17(19-11-8-12-20(15-19)27-24(31)18-9-4-3-5-10-18)28(2)23(30)16-29-25(32)21-13-6-7-14-22(21)26(29)33/h3-12,15,17,21-22H,13-14,16H2,1-2H3,(H,27,31)/t17-,21-,22+/m1/s1. The highest BCUT2D eigenvalue weighted by Crippen LogP contribution is 2.35. The Bertz CT molecular complexity index is 1090. The molecule has 2 aliphatic rings. The number of likely N-dealkylation sites (N-methyl/N-ethyl adjacent to an activating group) is 1. The van der Waals surface area contributed by atoms with E-state index in [9.17, 15) is 19.2 Å². The summed E-state index contributed by atoms with van der Waals surface area (Å²) in [6.45, 7) is 1.61. The molecule has 1 aliphatic heterocycles. The molecule has 2 aromatic carbocycles. The number of hydrogen-bond acceptors (Lipinski definition) is 4. The van der Waals surface area contributed by atoms with Crippen LogP contribution in [0.15, 0.2) is 66.7 Å². The van der Waals surface area contributed by atoms with Gasteiger partial charge in [0.1, 0.15) is 6.54 Å². The Kier molecular flexibility index (Phi) is 6.40. The molecule has 0 saturated carbocycles. The van der Waals surface area contributed by atoms with E-state index in [4.69, 9.17) is 0 Å². The molecule has 1 N–H and O–H groups in total. The number of carbonyl (C=O) groups is 4. The van der Waals surface area contributed by atoms with E-state index in [1.165, 1.54) is 4.90 Å². The molecular weight excluding hydrogens is 418 g/mol. The lowest BCUT2D eigenvalue weighted by atomic mass is 9.85. The number of rotatable bonds is 6. The van der Waals surface area contributed by atoms with Crippen LogP contribution in [-0.4, -0.2) is 47.0 Å². The maximum atomic E-state index is 13.0. The van der Waals surface area contributed by atoms with Gasteiger partial charge in [-0.25, -0.2) is 0 Å². The maximum Gasteiger partial charge on any atom is 0.255 e. The molecule has 4 amide bonds. The minimum Gasteiger partial charge on any atom is -0.337 e. The van der Waals surface area contributed by atoms with Gasteiger partial charge in [-0.15, -0.1) is 0 Å². The summed E-state index contributed by atoms with van der Waals surface area (Å²) in [7, 11) is 1.65. The van der Waals surface area contributed by atoms with Gasteiger partial charge >= 0.3 is 0 Å². The van der Waals surface area contributed by atoms with Gasteiger partial charge < -0.3 is 10.2 Å². The van der Waals surface area contributed by atoms with Gasteiger partial charge in [0.2, 0.25) is 17.7 Å². The lowest BCUT2D eigenvalue weighted by molar-refractivity contribution is -0.146. The van der Waals surface area contributed by atoms with Crippen molar-refractivity contribution in [2.45, 2.75) is 25.8 Å². The first-order valence-electron chi connectivity index (χ1n) is 11.1. The second-order valence-corrected chi connectivity index (χ2v) is 8.54. The Hall–Kier alpha value is -3.74. The molecule has 7 heteroatoms. The highest BCUT2D eigenvalue weighted by atomic mass is 16.2. The van der Waals surface area contributed by atoms with Crippen molar-refractivity contribution in [3.8, 4) is 0 Å². The van der Waals surface area contributed by atoms with Crippen molar-refractivity contribution in [3.05, 3.63) is 77.9 Å². The predicted octanol–water partition coefficient (Wildman–Crippen LogP) is 3.41. The number of allylic oxidation sites excluding steroid dienone is 2. The molecule has 1 saturated heterocycles. The van der Waals surface area contributed by atoms with E-state index in [2.05, 4.69) is 5.32 Å². The summed E-state index contributed by atoms with van der Waals surface area (Å²) < 4.78 is 0. The highest BCUT2D eigenvalue weighted by molar-refractivity contribution is 6.07. The number of hydrogen-bond donors (Lipinski definition) is 1. The molecule has 4 rings (SSSR count). The van der Waals surface area contributed by atoms with Crippen LogP contribution in [0.5, 0.6) is 0 Å². The minimum atomic E-state index is -0.345. The molecule has 0 radical (unpaired) electrons. The van der Waals surface area contributed by atoms with Crippen molar-refractivity contribution in [2.24, 2.45) is 11.8 Å². The molecule has 0 aromatic heterocycles. The SMILES string of the molecule is C[C@H](c1cccc(NC(=O)c2ccccc2)c1)N(C)C(=O)CN1C(=O)[C@H]2CC=CC[C@H]2C1=O. The number of nitrogens with zero attached hydrogens (tertiary/aromatic N) is 2. The van der Waals surface area contributed by atoms with Gasteiger partial charge in [-0.2, -0.15) is 0 Å². The topological polar surface area (TPSA) is 86.8 Å². The molecule has 1 aliphatic carbocycles. The number of benzene rings is 2. The van der Waals surface area contributed by atoms with Crippen LogP contribution in [0.2, 0.25) is 0 Å². The third kappa shape index (κ3) is 4.58. The van der Waals surface area contributed by atoms with E-state index in [0.29, 0.717) is 24.1 Å². The average molecular weight is 446 g/mol. The van der Waals surface area contributed by atoms with Crippen molar-refractivity contribution >= 4 is 29.3 Å². The number of fused-ring (bicyclic) bond motifs is 1. The van der Waals surface area contributed by atoms with Crippen LogP contribution in [0.3, 0.4) is 0 Å². The zero-order valence-corrected chi connectivity index (χ0v) is 18.7. The van der Waals surface area contributed by atoms with E-state index < -0.39 is 0 Å². The van der Waals surface area contributed by atoms with E-state index in [1.807, 2.05) is 43.3 Å². The normalized spacial score (nSPS) is 20.4. The second-order valence-electron chi connectivity index (χ2n) is 8.54. The fourth-order valence-electron chi connectivity index (χ4n) is 4.38. The Balaban J connectivity index is 1.41. The molecule has 170 valence electrons. The van der Waals surface area contributed by atoms with E-state index in [1.54, 1.807) is 37.4 Å². The summed E-state index contributed by atoms with van der Waals surface area (Å²) in [5.74, 6) is -1.73. The third-order valence-corrected chi connectivity index (χ3v) is 6.53. The van der Waals surface area contributed by atoms with Gasteiger partial charge in [0.25, 0.3) is 5.91 Å². The first kappa shape index (κ1) is 22.5. The van der Waals surface area contributed by atoms with Crippen molar-refractivity contribution in [1.29, 1.82) is 0 Å². The molecule has 0 spiro atoms. The molecule has 0 unspecified atom stereocenters. The zero-order chi connectivity index (χ0) is 23.5. The lowest BCUT2D eigenvalue weighted by Crippen LogP contribution is -2.42. The first-order chi connectivity index (χ1) is 15.9. The number of imide groups is 1. The molecule has 7 nitrogen and oxygen atoms in total. The van der Waals surface area contributed by atoms with Crippen LogP contribution >= 0.6 is 0 Å². The Morgan fingerprint density at radius 1 is 1.00 bits per heavy atom. The molecule has 33 heavy (non-hydrogen) atoms. The van der Waals surface area contributed by atoms with Crippen molar-refractivity contribution < 1.29 is 19.2 Å². The number of nitrogens with one attached hydrogen (secondary N) is 1. The molecule has 1 heterocycles. The van der Waals surface area contributed by atoms with Crippen LogP contribution in [0.4, 0.5) is 5.69 Å². The minimum absolute atomic E-state index is 0.216. The first-order valence-corrected chi connectivity index (χ1v) is 11.1. The van der Waals surface area contributed by atoms with Gasteiger partial charge in [0.05, 0.1) is 17.9 Å².